The van der Waals surface area contributed by atoms with Crippen molar-refractivity contribution in [3.8, 4) is 5.75 Å². The molecule has 0 aliphatic rings. The zero-order valence-electron chi connectivity index (χ0n) is 15.5. The number of aryl methyl sites for hydroxylation is 2. The number of likely N-dealkylation sites (N-methyl/N-ethyl adjacent to an activating group) is 1. The number of anilines is 1. The van der Waals surface area contributed by atoms with E-state index >= 15 is 0 Å². The van der Waals surface area contributed by atoms with Gasteiger partial charge >= 0.3 is 0 Å². The van der Waals surface area contributed by atoms with Gasteiger partial charge in [0.1, 0.15) is 12.4 Å². The molecule has 0 aromatic heterocycles. The number of para-hydroxylation sites is 1. The molecule has 0 fully saturated rings. The first-order valence-corrected chi connectivity index (χ1v) is 8.45. The normalized spacial score (nSPS) is 11.6. The maximum Gasteiger partial charge on any atom is 0.193 e. The van der Waals surface area contributed by atoms with Crippen LogP contribution in [0.1, 0.15) is 16.7 Å². The molecule has 3 N–H and O–H groups in total. The Morgan fingerprint density at radius 3 is 2.60 bits per heavy atom. The highest BCUT2D eigenvalue weighted by Gasteiger charge is 2.04. The van der Waals surface area contributed by atoms with Gasteiger partial charge in [-0.2, -0.15) is 0 Å². The summed E-state index contributed by atoms with van der Waals surface area (Å²) in [5, 5.41) is 3.14. The average Bonchev–Trinajstić information content (AvgIpc) is 2.57. The predicted octanol–water partition coefficient (Wildman–Crippen LogP) is 3.17. The minimum absolute atomic E-state index is 0.395. The molecular weight excluding hydrogens is 312 g/mol. The van der Waals surface area contributed by atoms with Gasteiger partial charge in [0.05, 0.1) is 6.54 Å². The summed E-state index contributed by atoms with van der Waals surface area (Å²) in [5.41, 5.74) is 10.5. The molecule has 25 heavy (non-hydrogen) atoms. The van der Waals surface area contributed by atoms with Crippen molar-refractivity contribution in [2.45, 2.75) is 20.4 Å². The summed E-state index contributed by atoms with van der Waals surface area (Å²) in [6.45, 7) is 6.15. The fraction of sp³-hybridized carbons (Fsp3) is 0.350. The highest BCUT2D eigenvalue weighted by molar-refractivity contribution is 5.92. The van der Waals surface area contributed by atoms with Crippen LogP contribution in [0.5, 0.6) is 5.75 Å². The fourth-order valence-electron chi connectivity index (χ4n) is 2.29. The van der Waals surface area contributed by atoms with E-state index in [0.717, 1.165) is 23.5 Å². The van der Waals surface area contributed by atoms with Gasteiger partial charge in [0, 0.05) is 17.8 Å². The third-order valence-corrected chi connectivity index (χ3v) is 3.97. The molecular formula is C20H28N4O. The standard InChI is InChI=1S/C20H28N4O/c1-15-9-10-18(13-16(15)2)23-20(21)22-14-17-7-5-6-8-19(17)25-12-11-24(3)4/h5-10,13H,11-12,14H2,1-4H3,(H3,21,22,23). The summed E-state index contributed by atoms with van der Waals surface area (Å²) >= 11 is 0. The van der Waals surface area contributed by atoms with Gasteiger partial charge < -0.3 is 20.7 Å². The summed E-state index contributed by atoms with van der Waals surface area (Å²) in [6.07, 6.45) is 0. The molecule has 0 saturated heterocycles. The highest BCUT2D eigenvalue weighted by Crippen LogP contribution is 2.19. The van der Waals surface area contributed by atoms with Crippen LogP contribution in [0.3, 0.4) is 0 Å². The third kappa shape index (κ3) is 6.12. The Hall–Kier alpha value is -2.53. The molecule has 0 amide bonds. The summed E-state index contributed by atoms with van der Waals surface area (Å²) in [6, 6.07) is 14.1. The zero-order chi connectivity index (χ0) is 18.2. The van der Waals surface area contributed by atoms with Gasteiger partial charge in [0.2, 0.25) is 0 Å². The number of nitrogens with one attached hydrogen (secondary N) is 1. The second-order valence-electron chi connectivity index (χ2n) is 6.38. The van der Waals surface area contributed by atoms with E-state index in [2.05, 4.69) is 41.2 Å². The van der Waals surface area contributed by atoms with Crippen molar-refractivity contribution in [2.75, 3.05) is 32.6 Å². The molecule has 0 saturated carbocycles. The molecule has 0 heterocycles. The van der Waals surface area contributed by atoms with E-state index in [9.17, 15) is 0 Å². The van der Waals surface area contributed by atoms with Gasteiger partial charge in [-0.1, -0.05) is 24.3 Å². The predicted molar refractivity (Wildman–Crippen MR) is 105 cm³/mol. The third-order valence-electron chi connectivity index (χ3n) is 3.97. The second kappa shape index (κ2) is 9.08. The Morgan fingerprint density at radius 2 is 1.88 bits per heavy atom. The molecule has 0 unspecified atom stereocenters. The molecule has 2 aromatic rings. The maximum absolute atomic E-state index is 6.02. The van der Waals surface area contributed by atoms with Crippen molar-refractivity contribution in [1.82, 2.24) is 4.90 Å². The lowest BCUT2D eigenvalue weighted by Crippen LogP contribution is -2.22. The first kappa shape index (κ1) is 18.8. The van der Waals surface area contributed by atoms with Crippen LogP contribution in [0.4, 0.5) is 5.69 Å². The van der Waals surface area contributed by atoms with Gasteiger partial charge in [-0.25, -0.2) is 4.99 Å². The van der Waals surface area contributed by atoms with Crippen LogP contribution in [0.2, 0.25) is 0 Å². The Kier molecular flexibility index (Phi) is 6.83. The van der Waals surface area contributed by atoms with Crippen LogP contribution in [-0.2, 0) is 6.54 Å². The average molecular weight is 340 g/mol. The molecule has 0 aliphatic carbocycles. The van der Waals surface area contributed by atoms with Gasteiger partial charge in [0.25, 0.3) is 0 Å². The van der Waals surface area contributed by atoms with Crippen molar-refractivity contribution >= 4 is 11.6 Å². The Bertz CT molecular complexity index is 725. The highest BCUT2D eigenvalue weighted by atomic mass is 16.5. The van der Waals surface area contributed by atoms with E-state index in [1.54, 1.807) is 0 Å². The largest absolute Gasteiger partial charge is 0.492 e. The van der Waals surface area contributed by atoms with Crippen LogP contribution in [0.15, 0.2) is 47.5 Å². The minimum Gasteiger partial charge on any atom is -0.492 e. The van der Waals surface area contributed by atoms with E-state index in [0.29, 0.717) is 19.1 Å². The van der Waals surface area contributed by atoms with E-state index in [1.807, 2.05) is 44.4 Å². The summed E-state index contributed by atoms with van der Waals surface area (Å²) in [7, 11) is 4.05. The van der Waals surface area contributed by atoms with Crippen molar-refractivity contribution in [3.05, 3.63) is 59.2 Å². The van der Waals surface area contributed by atoms with Crippen LogP contribution in [0, 0.1) is 13.8 Å². The van der Waals surface area contributed by atoms with Crippen molar-refractivity contribution in [2.24, 2.45) is 10.7 Å². The topological polar surface area (TPSA) is 62.9 Å². The lowest BCUT2D eigenvalue weighted by atomic mass is 10.1. The first-order valence-electron chi connectivity index (χ1n) is 8.45. The Labute approximate surface area is 150 Å². The molecule has 0 atom stereocenters. The van der Waals surface area contributed by atoms with Crippen LogP contribution in [0.25, 0.3) is 0 Å². The molecule has 134 valence electrons. The smallest absolute Gasteiger partial charge is 0.193 e. The monoisotopic (exact) mass is 340 g/mol. The molecule has 2 rings (SSSR count). The number of hydrogen-bond acceptors (Lipinski definition) is 3. The quantitative estimate of drug-likeness (QED) is 0.600. The number of rotatable bonds is 7. The lowest BCUT2D eigenvalue weighted by molar-refractivity contribution is 0.259. The molecule has 5 heteroatoms. The van der Waals surface area contributed by atoms with Gasteiger partial charge in [-0.3, -0.25) is 0 Å². The number of hydrogen-bond donors (Lipinski definition) is 2. The number of nitrogens with two attached hydrogens (primary N) is 1. The molecule has 0 radical (unpaired) electrons. The Morgan fingerprint density at radius 1 is 1.12 bits per heavy atom. The molecule has 0 aliphatic heterocycles. The van der Waals surface area contributed by atoms with E-state index < -0.39 is 0 Å². The number of benzene rings is 2. The molecule has 0 spiro atoms. The van der Waals surface area contributed by atoms with E-state index in [4.69, 9.17) is 10.5 Å². The number of aliphatic imine (C=N–C) groups is 1. The van der Waals surface area contributed by atoms with Gasteiger partial charge in [-0.15, -0.1) is 0 Å². The minimum atomic E-state index is 0.395. The van der Waals surface area contributed by atoms with E-state index in [1.165, 1.54) is 11.1 Å². The van der Waals surface area contributed by atoms with Gasteiger partial charge in [0.15, 0.2) is 5.96 Å². The van der Waals surface area contributed by atoms with Crippen LogP contribution in [-0.4, -0.2) is 38.1 Å². The van der Waals surface area contributed by atoms with Crippen LogP contribution >= 0.6 is 0 Å². The maximum atomic E-state index is 6.02. The SMILES string of the molecule is Cc1ccc(NC(N)=NCc2ccccc2OCCN(C)C)cc1C. The van der Waals surface area contributed by atoms with Crippen molar-refractivity contribution in [3.63, 3.8) is 0 Å². The number of nitrogens with zero attached hydrogens (tertiary/aromatic N) is 2. The summed E-state index contributed by atoms with van der Waals surface area (Å²) < 4.78 is 5.86. The number of ether oxygens (including phenoxy) is 1. The zero-order valence-corrected chi connectivity index (χ0v) is 15.5. The first-order chi connectivity index (χ1) is 12.0. The molecule has 2 aromatic carbocycles. The van der Waals surface area contributed by atoms with Crippen molar-refractivity contribution in [1.29, 1.82) is 0 Å². The fourth-order valence-corrected chi connectivity index (χ4v) is 2.29. The van der Waals surface area contributed by atoms with Gasteiger partial charge in [-0.05, 0) is 57.3 Å². The Balaban J connectivity index is 1.98. The second-order valence-corrected chi connectivity index (χ2v) is 6.38. The summed E-state index contributed by atoms with van der Waals surface area (Å²) in [5.74, 6) is 1.25. The number of guanidine groups is 1. The lowest BCUT2D eigenvalue weighted by Gasteiger charge is -2.13. The van der Waals surface area contributed by atoms with Crippen LogP contribution < -0.4 is 15.8 Å². The summed E-state index contributed by atoms with van der Waals surface area (Å²) in [4.78, 5) is 6.53. The van der Waals surface area contributed by atoms with E-state index in [-0.39, 0.29) is 0 Å². The molecule has 0 bridgehead atoms. The molecule has 5 nitrogen and oxygen atoms in total. The van der Waals surface area contributed by atoms with Crippen molar-refractivity contribution < 1.29 is 4.74 Å².